The van der Waals surface area contributed by atoms with Crippen molar-refractivity contribution >= 4 is 5.78 Å². The van der Waals surface area contributed by atoms with Crippen molar-refractivity contribution in [3.8, 4) is 0 Å². The zero-order chi connectivity index (χ0) is 20.1. The summed E-state index contributed by atoms with van der Waals surface area (Å²) in [5.41, 5.74) is 0.0762. The Balaban J connectivity index is 1.49. The maximum atomic E-state index is 13.7. The molecule has 0 unspecified atom stereocenters. The molecule has 0 aromatic rings. The van der Waals surface area contributed by atoms with E-state index in [9.17, 15) is 9.90 Å². The van der Waals surface area contributed by atoms with E-state index in [4.69, 9.17) is 9.47 Å². The van der Waals surface area contributed by atoms with Crippen LogP contribution in [0.15, 0.2) is 0 Å². The van der Waals surface area contributed by atoms with Gasteiger partial charge in [0, 0.05) is 18.3 Å². The molecule has 4 aliphatic carbocycles. The van der Waals surface area contributed by atoms with Crippen LogP contribution in [0.1, 0.15) is 79.6 Å². The Labute approximate surface area is 169 Å². The van der Waals surface area contributed by atoms with Crippen molar-refractivity contribution in [2.45, 2.75) is 104 Å². The predicted octanol–water partition coefficient (Wildman–Crippen LogP) is 4.34. The summed E-state index contributed by atoms with van der Waals surface area (Å²) < 4.78 is 12.6. The minimum Gasteiger partial charge on any atom is -0.393 e. The summed E-state index contributed by atoms with van der Waals surface area (Å²) in [6.45, 7) is 11.0. The van der Waals surface area contributed by atoms with Gasteiger partial charge in [-0.05, 0) is 87.9 Å². The second-order valence-corrected chi connectivity index (χ2v) is 11.7. The number of ketones is 1. The molecule has 1 saturated heterocycles. The molecular formula is C24H38O4. The predicted molar refractivity (Wildman–Crippen MR) is 106 cm³/mol. The standard InChI is InChI=1S/C24H38O4/c1-13-20-19(28-22(2,3)27-13)11-17-16-7-6-14-10-15(25)8-9-23(14,4)21(16)18(26)12-24(17,20)5/h13-17,19-21,25H,6-12H2,1-5H3/t13-,14-,15-,16-,17-,19-,20-,21+,23-,24-/m0/s1. The Morgan fingerprint density at radius 3 is 2.50 bits per heavy atom. The summed E-state index contributed by atoms with van der Waals surface area (Å²) in [7, 11) is 0. The van der Waals surface area contributed by atoms with Crippen LogP contribution in [0.4, 0.5) is 0 Å². The first kappa shape index (κ1) is 19.5. The normalized spacial score (nSPS) is 57.7. The SMILES string of the molecule is C[C@@H]1OC(C)(C)O[C@H]2C[C@H]3[C@@H]4CC[C@H]5C[C@@H](O)CC[C@]5(C)[C@H]4C(=O)C[C@]3(C)[C@@H]12. The molecule has 4 heteroatoms. The second-order valence-electron chi connectivity index (χ2n) is 11.7. The van der Waals surface area contributed by atoms with Crippen LogP contribution >= 0.6 is 0 Å². The Morgan fingerprint density at radius 2 is 1.75 bits per heavy atom. The van der Waals surface area contributed by atoms with Crippen molar-refractivity contribution in [3.63, 3.8) is 0 Å². The van der Waals surface area contributed by atoms with E-state index in [2.05, 4.69) is 20.8 Å². The van der Waals surface area contributed by atoms with E-state index in [1.165, 1.54) is 6.42 Å². The monoisotopic (exact) mass is 390 g/mol. The molecule has 0 radical (unpaired) electrons. The molecule has 4 saturated carbocycles. The van der Waals surface area contributed by atoms with Gasteiger partial charge in [0.15, 0.2) is 5.79 Å². The van der Waals surface area contributed by atoms with Gasteiger partial charge in [-0.1, -0.05) is 13.8 Å². The zero-order valence-corrected chi connectivity index (χ0v) is 18.2. The molecule has 0 spiro atoms. The molecule has 1 N–H and O–H groups in total. The lowest BCUT2D eigenvalue weighted by Crippen LogP contribution is -2.59. The third kappa shape index (κ3) is 2.56. The van der Waals surface area contributed by atoms with E-state index in [-0.39, 0.29) is 35.1 Å². The maximum Gasteiger partial charge on any atom is 0.163 e. The first-order valence-electron chi connectivity index (χ1n) is 11.6. The fraction of sp³-hybridized carbons (Fsp3) is 0.958. The summed E-state index contributed by atoms with van der Waals surface area (Å²) >= 11 is 0. The smallest absolute Gasteiger partial charge is 0.163 e. The molecule has 5 aliphatic rings. The molecule has 0 amide bonds. The molecular weight excluding hydrogens is 352 g/mol. The molecule has 1 heterocycles. The lowest BCUT2D eigenvalue weighted by atomic mass is 9.44. The van der Waals surface area contributed by atoms with Crippen LogP contribution in [0.25, 0.3) is 0 Å². The number of ether oxygens (including phenoxy) is 2. The number of hydrogen-bond donors (Lipinski definition) is 1. The maximum absolute atomic E-state index is 13.7. The number of hydrogen-bond acceptors (Lipinski definition) is 4. The van der Waals surface area contributed by atoms with Gasteiger partial charge in [-0.3, -0.25) is 4.79 Å². The third-order valence-corrected chi connectivity index (χ3v) is 9.82. The van der Waals surface area contributed by atoms with Crippen LogP contribution in [0, 0.1) is 40.4 Å². The summed E-state index contributed by atoms with van der Waals surface area (Å²) in [6.07, 6.45) is 7.00. The molecule has 158 valence electrons. The van der Waals surface area contributed by atoms with Crippen molar-refractivity contribution in [2.24, 2.45) is 40.4 Å². The van der Waals surface area contributed by atoms with Crippen molar-refractivity contribution in [1.82, 2.24) is 0 Å². The second kappa shape index (κ2) is 6.04. The van der Waals surface area contributed by atoms with Gasteiger partial charge in [0.25, 0.3) is 0 Å². The number of Topliss-reactive ketones (excluding diaryl/α,β-unsaturated/α-hetero) is 1. The van der Waals surface area contributed by atoms with Gasteiger partial charge in [0.05, 0.1) is 18.3 Å². The highest BCUT2D eigenvalue weighted by Crippen LogP contribution is 2.68. The zero-order valence-electron chi connectivity index (χ0n) is 18.2. The minimum absolute atomic E-state index is 0.00376. The van der Waals surface area contributed by atoms with Crippen LogP contribution < -0.4 is 0 Å². The molecule has 10 atom stereocenters. The topological polar surface area (TPSA) is 55.8 Å². The Hall–Kier alpha value is -0.450. The summed E-state index contributed by atoms with van der Waals surface area (Å²) in [4.78, 5) is 13.7. The van der Waals surface area contributed by atoms with Gasteiger partial charge >= 0.3 is 0 Å². The Kier molecular flexibility index (Phi) is 4.21. The van der Waals surface area contributed by atoms with Gasteiger partial charge in [0.1, 0.15) is 5.78 Å². The van der Waals surface area contributed by atoms with Crippen LogP contribution in [-0.2, 0) is 14.3 Å². The third-order valence-electron chi connectivity index (χ3n) is 9.82. The number of fused-ring (bicyclic) bond motifs is 7. The number of carbonyl (C=O) groups is 1. The van der Waals surface area contributed by atoms with Gasteiger partial charge in [0.2, 0.25) is 0 Å². The quantitative estimate of drug-likeness (QED) is 0.669. The summed E-state index contributed by atoms with van der Waals surface area (Å²) in [5.74, 6) is 1.99. The summed E-state index contributed by atoms with van der Waals surface area (Å²) in [6, 6.07) is 0. The number of aliphatic hydroxyl groups excluding tert-OH is 1. The van der Waals surface area contributed by atoms with Gasteiger partial charge in [-0.25, -0.2) is 0 Å². The molecule has 28 heavy (non-hydrogen) atoms. The highest BCUT2D eigenvalue weighted by molar-refractivity contribution is 5.84. The fourth-order valence-corrected chi connectivity index (χ4v) is 8.95. The van der Waals surface area contributed by atoms with Crippen LogP contribution in [-0.4, -0.2) is 35.0 Å². The van der Waals surface area contributed by atoms with Crippen molar-refractivity contribution in [1.29, 1.82) is 0 Å². The van der Waals surface area contributed by atoms with E-state index in [0.29, 0.717) is 35.9 Å². The molecule has 0 aromatic carbocycles. The molecule has 4 nitrogen and oxygen atoms in total. The first-order chi connectivity index (χ1) is 13.1. The van der Waals surface area contributed by atoms with Crippen molar-refractivity contribution < 1.29 is 19.4 Å². The fourth-order valence-electron chi connectivity index (χ4n) is 8.95. The lowest BCUT2D eigenvalue weighted by molar-refractivity contribution is -0.320. The Bertz CT molecular complexity index is 674. The van der Waals surface area contributed by atoms with E-state index in [1.54, 1.807) is 0 Å². The van der Waals surface area contributed by atoms with Crippen LogP contribution in [0.2, 0.25) is 0 Å². The van der Waals surface area contributed by atoms with Gasteiger partial charge in [-0.2, -0.15) is 0 Å². The minimum atomic E-state index is -0.531. The van der Waals surface area contributed by atoms with E-state index < -0.39 is 5.79 Å². The molecule has 0 aromatic heterocycles. The van der Waals surface area contributed by atoms with Crippen LogP contribution in [0.5, 0.6) is 0 Å². The summed E-state index contributed by atoms with van der Waals surface area (Å²) in [5, 5.41) is 10.2. The van der Waals surface area contributed by atoms with Crippen molar-refractivity contribution in [3.05, 3.63) is 0 Å². The molecule has 0 bridgehead atoms. The number of rotatable bonds is 0. The van der Waals surface area contributed by atoms with E-state index >= 15 is 0 Å². The molecule has 5 fully saturated rings. The van der Waals surface area contributed by atoms with E-state index in [1.807, 2.05) is 13.8 Å². The van der Waals surface area contributed by atoms with Crippen molar-refractivity contribution in [2.75, 3.05) is 0 Å². The van der Waals surface area contributed by atoms with E-state index in [0.717, 1.165) is 32.1 Å². The highest BCUT2D eigenvalue weighted by atomic mass is 16.7. The van der Waals surface area contributed by atoms with Gasteiger partial charge < -0.3 is 14.6 Å². The lowest BCUT2D eigenvalue weighted by Gasteiger charge is -2.60. The highest BCUT2D eigenvalue weighted by Gasteiger charge is 2.67. The first-order valence-corrected chi connectivity index (χ1v) is 11.6. The van der Waals surface area contributed by atoms with Crippen LogP contribution in [0.3, 0.4) is 0 Å². The number of aliphatic hydroxyl groups is 1. The average molecular weight is 391 g/mol. The van der Waals surface area contributed by atoms with Gasteiger partial charge in [-0.15, -0.1) is 0 Å². The number of carbonyl (C=O) groups excluding carboxylic acids is 1. The largest absolute Gasteiger partial charge is 0.393 e. The molecule has 1 aliphatic heterocycles. The average Bonchev–Trinajstić information content (AvgIpc) is 2.85. The Morgan fingerprint density at radius 1 is 1.00 bits per heavy atom. The molecule has 5 rings (SSSR count).